The van der Waals surface area contributed by atoms with E-state index in [1.165, 1.54) is 0 Å². The van der Waals surface area contributed by atoms with E-state index in [1.807, 2.05) is 0 Å². The molecule has 1 aromatic rings. The molecule has 0 aliphatic carbocycles. The van der Waals surface area contributed by atoms with Crippen molar-refractivity contribution in [2.45, 2.75) is 46.0 Å². The van der Waals surface area contributed by atoms with Crippen LogP contribution in [0.2, 0.25) is 0 Å². The maximum absolute atomic E-state index is 11.9. The van der Waals surface area contributed by atoms with Crippen LogP contribution in [0.25, 0.3) is 0 Å². The van der Waals surface area contributed by atoms with Crippen LogP contribution in [0.4, 0.5) is 0 Å². The SMILES string of the molecule is CCCCCOc1ccc(C(=O)CCC(=O)OCC)cc1. The fraction of sp³-hybridized carbons (Fsp3) is 0.529. The van der Waals surface area contributed by atoms with E-state index < -0.39 is 0 Å². The van der Waals surface area contributed by atoms with Crippen LogP contribution in [-0.2, 0) is 9.53 Å². The van der Waals surface area contributed by atoms with Crippen LogP contribution in [0.5, 0.6) is 5.75 Å². The van der Waals surface area contributed by atoms with Gasteiger partial charge in [-0.3, -0.25) is 9.59 Å². The third kappa shape index (κ3) is 6.93. The summed E-state index contributed by atoms with van der Waals surface area (Å²) in [6.45, 7) is 4.94. The summed E-state index contributed by atoms with van der Waals surface area (Å²) in [6.07, 6.45) is 3.66. The van der Waals surface area contributed by atoms with E-state index in [-0.39, 0.29) is 24.6 Å². The summed E-state index contributed by atoms with van der Waals surface area (Å²) < 4.78 is 10.4. The van der Waals surface area contributed by atoms with Gasteiger partial charge in [0.15, 0.2) is 5.78 Å². The minimum absolute atomic E-state index is 0.0550. The Balaban J connectivity index is 2.38. The monoisotopic (exact) mass is 292 g/mol. The molecule has 0 unspecified atom stereocenters. The maximum atomic E-state index is 11.9. The lowest BCUT2D eigenvalue weighted by Crippen LogP contribution is -2.08. The molecule has 0 heterocycles. The van der Waals surface area contributed by atoms with Gasteiger partial charge in [-0.15, -0.1) is 0 Å². The molecule has 0 saturated heterocycles. The molecule has 116 valence electrons. The number of carbonyl (C=O) groups is 2. The van der Waals surface area contributed by atoms with Crippen molar-refractivity contribution in [3.63, 3.8) is 0 Å². The van der Waals surface area contributed by atoms with Gasteiger partial charge in [0.1, 0.15) is 5.75 Å². The van der Waals surface area contributed by atoms with Crippen LogP contribution >= 0.6 is 0 Å². The second-order valence-electron chi connectivity index (χ2n) is 4.81. The molecule has 0 N–H and O–H groups in total. The summed E-state index contributed by atoms with van der Waals surface area (Å²) in [6, 6.07) is 7.07. The van der Waals surface area contributed by atoms with Crippen LogP contribution in [-0.4, -0.2) is 25.0 Å². The molecule has 21 heavy (non-hydrogen) atoms. The summed E-state index contributed by atoms with van der Waals surface area (Å²) in [4.78, 5) is 23.1. The Morgan fingerprint density at radius 2 is 1.71 bits per heavy atom. The van der Waals surface area contributed by atoms with Gasteiger partial charge in [0.05, 0.1) is 19.6 Å². The Kier molecular flexibility index (Phi) is 8.17. The molecule has 0 aromatic heterocycles. The number of esters is 1. The van der Waals surface area contributed by atoms with Crippen molar-refractivity contribution in [1.29, 1.82) is 0 Å². The average molecular weight is 292 g/mol. The lowest BCUT2D eigenvalue weighted by molar-refractivity contribution is -0.143. The Bertz CT molecular complexity index is 437. The summed E-state index contributed by atoms with van der Waals surface area (Å²) >= 11 is 0. The molecular weight excluding hydrogens is 268 g/mol. The second-order valence-corrected chi connectivity index (χ2v) is 4.81. The molecule has 0 radical (unpaired) electrons. The van der Waals surface area contributed by atoms with Crippen molar-refractivity contribution >= 4 is 11.8 Å². The molecule has 0 aliphatic rings. The van der Waals surface area contributed by atoms with Crippen molar-refractivity contribution in [3.8, 4) is 5.75 Å². The fourth-order valence-electron chi connectivity index (χ4n) is 1.87. The predicted molar refractivity (Wildman–Crippen MR) is 81.7 cm³/mol. The fourth-order valence-corrected chi connectivity index (χ4v) is 1.87. The zero-order valence-corrected chi connectivity index (χ0v) is 12.9. The van der Waals surface area contributed by atoms with Crippen molar-refractivity contribution in [3.05, 3.63) is 29.8 Å². The topological polar surface area (TPSA) is 52.6 Å². The molecule has 0 saturated carbocycles. The molecule has 4 heteroatoms. The van der Waals surface area contributed by atoms with Crippen LogP contribution in [0.3, 0.4) is 0 Å². The third-order valence-electron chi connectivity index (χ3n) is 3.05. The van der Waals surface area contributed by atoms with E-state index in [4.69, 9.17) is 9.47 Å². The lowest BCUT2D eigenvalue weighted by Gasteiger charge is -2.06. The standard InChI is InChI=1S/C17H24O4/c1-3-5-6-13-21-15-9-7-14(8-10-15)16(18)11-12-17(19)20-4-2/h7-10H,3-6,11-13H2,1-2H3. The number of rotatable bonds is 10. The van der Waals surface area contributed by atoms with Gasteiger partial charge in [0.2, 0.25) is 0 Å². The highest BCUT2D eigenvalue weighted by Crippen LogP contribution is 2.14. The number of hydrogen-bond donors (Lipinski definition) is 0. The Morgan fingerprint density at radius 3 is 2.33 bits per heavy atom. The number of ketones is 1. The quantitative estimate of drug-likeness (QED) is 0.374. The van der Waals surface area contributed by atoms with E-state index >= 15 is 0 Å². The summed E-state index contributed by atoms with van der Waals surface area (Å²) in [5, 5.41) is 0. The van der Waals surface area contributed by atoms with Gasteiger partial charge in [0.25, 0.3) is 0 Å². The zero-order valence-electron chi connectivity index (χ0n) is 12.9. The number of unbranched alkanes of at least 4 members (excludes halogenated alkanes) is 2. The summed E-state index contributed by atoms with van der Waals surface area (Å²) in [7, 11) is 0. The number of benzene rings is 1. The minimum Gasteiger partial charge on any atom is -0.494 e. The van der Waals surface area contributed by atoms with Crippen LogP contribution < -0.4 is 4.74 Å². The molecule has 1 aromatic carbocycles. The highest BCUT2D eigenvalue weighted by molar-refractivity contribution is 5.97. The van der Waals surface area contributed by atoms with Crippen molar-refractivity contribution in [2.24, 2.45) is 0 Å². The van der Waals surface area contributed by atoms with E-state index in [9.17, 15) is 9.59 Å². The van der Waals surface area contributed by atoms with Gasteiger partial charge in [-0.2, -0.15) is 0 Å². The van der Waals surface area contributed by atoms with Crippen LogP contribution in [0, 0.1) is 0 Å². The summed E-state index contributed by atoms with van der Waals surface area (Å²) in [5.41, 5.74) is 0.597. The van der Waals surface area contributed by atoms with Crippen LogP contribution in [0.15, 0.2) is 24.3 Å². The molecule has 0 amide bonds. The Hall–Kier alpha value is -1.84. The molecule has 4 nitrogen and oxygen atoms in total. The number of hydrogen-bond acceptors (Lipinski definition) is 4. The number of ether oxygens (including phenoxy) is 2. The Labute approximate surface area is 126 Å². The first-order chi connectivity index (χ1) is 10.2. The minimum atomic E-state index is -0.332. The molecule has 0 bridgehead atoms. The molecule has 0 atom stereocenters. The van der Waals surface area contributed by atoms with E-state index in [1.54, 1.807) is 31.2 Å². The van der Waals surface area contributed by atoms with Gasteiger partial charge >= 0.3 is 5.97 Å². The van der Waals surface area contributed by atoms with Crippen molar-refractivity contribution in [1.82, 2.24) is 0 Å². The largest absolute Gasteiger partial charge is 0.494 e. The van der Waals surface area contributed by atoms with E-state index in [0.717, 1.165) is 25.0 Å². The lowest BCUT2D eigenvalue weighted by atomic mass is 10.1. The summed E-state index contributed by atoms with van der Waals surface area (Å²) in [5.74, 6) is 0.385. The van der Waals surface area contributed by atoms with Gasteiger partial charge in [-0.05, 0) is 37.6 Å². The predicted octanol–water partition coefficient (Wildman–Crippen LogP) is 3.78. The van der Waals surface area contributed by atoms with Gasteiger partial charge in [-0.1, -0.05) is 19.8 Å². The number of Topliss-reactive ketones (excluding diaryl/α,β-unsaturated/α-hetero) is 1. The van der Waals surface area contributed by atoms with E-state index in [0.29, 0.717) is 18.8 Å². The maximum Gasteiger partial charge on any atom is 0.306 e. The molecule has 0 aliphatic heterocycles. The number of carbonyl (C=O) groups excluding carboxylic acids is 2. The first-order valence-corrected chi connectivity index (χ1v) is 7.59. The molecule has 0 fully saturated rings. The highest BCUT2D eigenvalue weighted by atomic mass is 16.5. The zero-order chi connectivity index (χ0) is 15.5. The van der Waals surface area contributed by atoms with Gasteiger partial charge in [0, 0.05) is 12.0 Å². The smallest absolute Gasteiger partial charge is 0.306 e. The molecule has 0 spiro atoms. The van der Waals surface area contributed by atoms with Crippen LogP contribution in [0.1, 0.15) is 56.3 Å². The highest BCUT2D eigenvalue weighted by Gasteiger charge is 2.10. The van der Waals surface area contributed by atoms with Gasteiger partial charge in [-0.25, -0.2) is 0 Å². The van der Waals surface area contributed by atoms with Crippen molar-refractivity contribution < 1.29 is 19.1 Å². The first kappa shape index (κ1) is 17.2. The normalized spacial score (nSPS) is 10.2. The van der Waals surface area contributed by atoms with E-state index in [2.05, 4.69) is 6.92 Å². The average Bonchev–Trinajstić information content (AvgIpc) is 2.50. The Morgan fingerprint density at radius 1 is 1.00 bits per heavy atom. The van der Waals surface area contributed by atoms with Crippen molar-refractivity contribution in [2.75, 3.05) is 13.2 Å². The molecular formula is C17H24O4. The van der Waals surface area contributed by atoms with Gasteiger partial charge < -0.3 is 9.47 Å². The second kappa shape index (κ2) is 9.97. The third-order valence-corrected chi connectivity index (χ3v) is 3.05. The molecule has 1 rings (SSSR count). The first-order valence-electron chi connectivity index (χ1n) is 7.59.